The van der Waals surface area contributed by atoms with Crippen LogP contribution in [0.4, 0.5) is 8.78 Å². The lowest BCUT2D eigenvalue weighted by Crippen LogP contribution is -2.38. The van der Waals surface area contributed by atoms with E-state index in [1.165, 1.54) is 0 Å². The molecule has 0 spiro atoms. The molecule has 0 heterocycles. The molecule has 0 aromatic heterocycles. The zero-order chi connectivity index (χ0) is 14.6. The van der Waals surface area contributed by atoms with Gasteiger partial charge in [0.05, 0.1) is 5.56 Å². The molecule has 6 heteroatoms. The van der Waals surface area contributed by atoms with Gasteiger partial charge in [0.2, 0.25) is 0 Å². The summed E-state index contributed by atoms with van der Waals surface area (Å²) in [6.45, 7) is 3.28. The Morgan fingerprint density at radius 3 is 2.42 bits per heavy atom. The van der Waals surface area contributed by atoms with Gasteiger partial charge >= 0.3 is 5.97 Å². The van der Waals surface area contributed by atoms with Crippen LogP contribution in [0.5, 0.6) is 0 Å². The highest BCUT2D eigenvalue weighted by atomic mass is 19.1. The highest BCUT2D eigenvalue weighted by Crippen LogP contribution is 2.13. The van der Waals surface area contributed by atoms with Crippen molar-refractivity contribution in [2.45, 2.75) is 13.8 Å². The average Bonchev–Trinajstić information content (AvgIpc) is 2.26. The molecule has 0 radical (unpaired) electrons. The molecule has 0 saturated carbocycles. The first-order valence-electron chi connectivity index (χ1n) is 5.77. The van der Waals surface area contributed by atoms with Crippen LogP contribution in [-0.4, -0.2) is 35.0 Å². The monoisotopic (exact) mass is 271 g/mol. The van der Waals surface area contributed by atoms with Gasteiger partial charge in [0.1, 0.15) is 18.2 Å². The first kappa shape index (κ1) is 15.1. The van der Waals surface area contributed by atoms with Gasteiger partial charge in [-0.1, -0.05) is 13.8 Å². The Hall–Kier alpha value is -1.98. The average molecular weight is 271 g/mol. The molecule has 4 nitrogen and oxygen atoms in total. The Labute approximate surface area is 109 Å². The molecule has 0 aliphatic carbocycles. The van der Waals surface area contributed by atoms with Crippen LogP contribution >= 0.6 is 0 Å². The van der Waals surface area contributed by atoms with Gasteiger partial charge in [-0.05, 0) is 18.1 Å². The SMILES string of the molecule is CC(C)CN(CC(=O)O)C(=O)c1ccc(F)cc1F. The van der Waals surface area contributed by atoms with Gasteiger partial charge in [-0.2, -0.15) is 0 Å². The third kappa shape index (κ3) is 4.31. The Balaban J connectivity index is 3.00. The Bertz CT molecular complexity index is 489. The molecule has 0 atom stereocenters. The first-order chi connectivity index (χ1) is 8.81. The molecule has 1 aromatic rings. The fourth-order valence-corrected chi connectivity index (χ4v) is 1.66. The Morgan fingerprint density at radius 1 is 1.32 bits per heavy atom. The van der Waals surface area contributed by atoms with Crippen LogP contribution in [-0.2, 0) is 4.79 Å². The van der Waals surface area contributed by atoms with Gasteiger partial charge in [0.15, 0.2) is 0 Å². The van der Waals surface area contributed by atoms with E-state index in [1.807, 2.05) is 13.8 Å². The summed E-state index contributed by atoms with van der Waals surface area (Å²) >= 11 is 0. The lowest BCUT2D eigenvalue weighted by atomic mass is 10.1. The molecular formula is C13H15F2NO3. The number of carboxylic acids is 1. The molecule has 104 valence electrons. The smallest absolute Gasteiger partial charge is 0.323 e. The molecule has 1 rings (SSSR count). The molecule has 1 aromatic carbocycles. The summed E-state index contributed by atoms with van der Waals surface area (Å²) in [7, 11) is 0. The van der Waals surface area contributed by atoms with Crippen LogP contribution in [0, 0.1) is 17.6 Å². The van der Waals surface area contributed by atoms with Crippen LogP contribution in [0.25, 0.3) is 0 Å². The number of rotatable bonds is 5. The number of hydrogen-bond donors (Lipinski definition) is 1. The molecule has 0 aliphatic heterocycles. The van der Waals surface area contributed by atoms with E-state index in [4.69, 9.17) is 5.11 Å². The third-order valence-corrected chi connectivity index (χ3v) is 2.36. The maximum atomic E-state index is 13.5. The van der Waals surface area contributed by atoms with E-state index in [9.17, 15) is 18.4 Å². The van der Waals surface area contributed by atoms with Crippen molar-refractivity contribution in [3.63, 3.8) is 0 Å². The van der Waals surface area contributed by atoms with Gasteiger partial charge in [-0.25, -0.2) is 8.78 Å². The second-order valence-corrected chi connectivity index (χ2v) is 4.60. The van der Waals surface area contributed by atoms with Crippen LogP contribution in [0.1, 0.15) is 24.2 Å². The number of nitrogens with zero attached hydrogens (tertiary/aromatic N) is 1. The number of carboxylic acid groups (broad SMARTS) is 1. The van der Waals surface area contributed by atoms with Gasteiger partial charge in [0, 0.05) is 12.6 Å². The summed E-state index contributed by atoms with van der Waals surface area (Å²) < 4.78 is 26.3. The molecule has 0 bridgehead atoms. The molecule has 19 heavy (non-hydrogen) atoms. The van der Waals surface area contributed by atoms with E-state index in [1.54, 1.807) is 0 Å². The summed E-state index contributed by atoms with van der Waals surface area (Å²) in [4.78, 5) is 23.8. The van der Waals surface area contributed by atoms with Crippen molar-refractivity contribution >= 4 is 11.9 Å². The molecular weight excluding hydrogens is 256 g/mol. The second-order valence-electron chi connectivity index (χ2n) is 4.60. The summed E-state index contributed by atoms with van der Waals surface area (Å²) in [5.41, 5.74) is -0.330. The number of halogens is 2. The minimum Gasteiger partial charge on any atom is -0.480 e. The first-order valence-corrected chi connectivity index (χ1v) is 5.77. The highest BCUT2D eigenvalue weighted by Gasteiger charge is 2.22. The summed E-state index contributed by atoms with van der Waals surface area (Å²) in [6.07, 6.45) is 0. The van der Waals surface area contributed by atoms with Gasteiger partial charge in [-0.15, -0.1) is 0 Å². The van der Waals surface area contributed by atoms with Gasteiger partial charge in [0.25, 0.3) is 5.91 Å². The predicted octanol–water partition coefficient (Wildman–Crippen LogP) is 2.15. The molecule has 0 saturated heterocycles. The van der Waals surface area contributed by atoms with E-state index < -0.39 is 30.1 Å². The Morgan fingerprint density at radius 2 is 1.95 bits per heavy atom. The fraction of sp³-hybridized carbons (Fsp3) is 0.385. The number of carbonyl (C=O) groups is 2. The van der Waals surface area contributed by atoms with E-state index >= 15 is 0 Å². The third-order valence-electron chi connectivity index (χ3n) is 2.36. The van der Waals surface area contributed by atoms with Gasteiger partial charge in [-0.3, -0.25) is 9.59 Å². The lowest BCUT2D eigenvalue weighted by Gasteiger charge is -2.23. The van der Waals surface area contributed by atoms with Crippen LogP contribution in [0.3, 0.4) is 0 Å². The number of benzene rings is 1. The van der Waals surface area contributed by atoms with Crippen LogP contribution in [0.15, 0.2) is 18.2 Å². The van der Waals surface area contributed by atoms with Crippen molar-refractivity contribution in [2.75, 3.05) is 13.1 Å². The number of hydrogen-bond acceptors (Lipinski definition) is 2. The van der Waals surface area contributed by atoms with Crippen molar-refractivity contribution < 1.29 is 23.5 Å². The maximum Gasteiger partial charge on any atom is 0.323 e. The summed E-state index contributed by atoms with van der Waals surface area (Å²) in [6, 6.07) is 2.58. The van der Waals surface area contributed by atoms with Gasteiger partial charge < -0.3 is 10.0 Å². The predicted molar refractivity (Wildman–Crippen MR) is 64.7 cm³/mol. The largest absolute Gasteiger partial charge is 0.480 e. The van der Waals surface area contributed by atoms with Crippen LogP contribution < -0.4 is 0 Å². The minimum absolute atomic E-state index is 0.0341. The summed E-state index contributed by atoms with van der Waals surface area (Å²) in [5.74, 6) is -3.69. The zero-order valence-corrected chi connectivity index (χ0v) is 10.7. The standard InChI is InChI=1S/C13H15F2NO3/c1-8(2)6-16(7-12(17)18)13(19)10-4-3-9(14)5-11(10)15/h3-5,8H,6-7H2,1-2H3,(H,17,18). The van der Waals surface area contributed by atoms with E-state index in [-0.39, 0.29) is 18.0 Å². The fourth-order valence-electron chi connectivity index (χ4n) is 1.66. The van der Waals surface area contributed by atoms with Crippen molar-refractivity contribution in [2.24, 2.45) is 5.92 Å². The van der Waals surface area contributed by atoms with Crippen molar-refractivity contribution in [1.82, 2.24) is 4.90 Å². The minimum atomic E-state index is -1.18. The normalized spacial score (nSPS) is 10.6. The lowest BCUT2D eigenvalue weighted by molar-refractivity contribution is -0.137. The number of aliphatic carboxylic acids is 1. The highest BCUT2D eigenvalue weighted by molar-refractivity contribution is 5.96. The molecule has 0 fully saturated rings. The second kappa shape index (κ2) is 6.26. The van der Waals surface area contributed by atoms with E-state index in [2.05, 4.69) is 0 Å². The molecule has 1 N–H and O–H groups in total. The van der Waals surface area contributed by atoms with Crippen LogP contribution in [0.2, 0.25) is 0 Å². The quantitative estimate of drug-likeness (QED) is 0.892. The van der Waals surface area contributed by atoms with E-state index in [0.717, 1.165) is 17.0 Å². The topological polar surface area (TPSA) is 57.6 Å². The van der Waals surface area contributed by atoms with Crippen molar-refractivity contribution in [1.29, 1.82) is 0 Å². The summed E-state index contributed by atoms with van der Waals surface area (Å²) in [5, 5.41) is 8.76. The van der Waals surface area contributed by atoms with Crippen molar-refractivity contribution in [3.05, 3.63) is 35.4 Å². The Kier molecular flexibility index (Phi) is 4.97. The van der Waals surface area contributed by atoms with E-state index in [0.29, 0.717) is 6.07 Å². The van der Waals surface area contributed by atoms with Crippen molar-refractivity contribution in [3.8, 4) is 0 Å². The molecule has 0 aliphatic rings. The number of amides is 1. The number of carbonyl (C=O) groups excluding carboxylic acids is 1. The zero-order valence-electron chi connectivity index (χ0n) is 10.7. The molecule has 0 unspecified atom stereocenters. The maximum absolute atomic E-state index is 13.5. The molecule has 1 amide bonds.